The Morgan fingerprint density at radius 2 is 2.04 bits per heavy atom. The quantitative estimate of drug-likeness (QED) is 0.646. The Morgan fingerprint density at radius 3 is 2.70 bits per heavy atom. The summed E-state index contributed by atoms with van der Waals surface area (Å²) in [5.74, 6) is -0.281. The third-order valence-corrected chi connectivity index (χ3v) is 3.48. The van der Waals surface area contributed by atoms with Gasteiger partial charge >= 0.3 is 5.69 Å². The fraction of sp³-hybridized carbons (Fsp3) is 0.188. The predicted molar refractivity (Wildman–Crippen MR) is 86.9 cm³/mol. The first-order valence-electron chi connectivity index (χ1n) is 6.95. The normalized spacial score (nSPS) is 10.2. The fourth-order valence-electron chi connectivity index (χ4n) is 2.00. The molecule has 0 spiro atoms. The number of amides is 1. The molecular formula is C16H15ClN2O4. The van der Waals surface area contributed by atoms with Crippen LogP contribution >= 0.6 is 11.6 Å². The highest BCUT2D eigenvalue weighted by Crippen LogP contribution is 2.28. The zero-order chi connectivity index (χ0) is 16.8. The van der Waals surface area contributed by atoms with Gasteiger partial charge in [0.25, 0.3) is 5.91 Å². The van der Waals surface area contributed by atoms with Crippen LogP contribution in [0.2, 0.25) is 5.02 Å². The van der Waals surface area contributed by atoms with Crippen LogP contribution in [-0.4, -0.2) is 17.4 Å². The van der Waals surface area contributed by atoms with E-state index >= 15 is 0 Å². The molecule has 1 N–H and O–H groups in total. The minimum Gasteiger partial charge on any atom is -0.487 e. The number of carbonyl (C=O) groups excluding carboxylic acids is 1. The Bertz CT molecular complexity index is 734. The summed E-state index contributed by atoms with van der Waals surface area (Å²) in [5, 5.41) is 14.3. The summed E-state index contributed by atoms with van der Waals surface area (Å²) >= 11 is 6.02. The van der Waals surface area contributed by atoms with Gasteiger partial charge in [-0.05, 0) is 30.7 Å². The summed E-state index contributed by atoms with van der Waals surface area (Å²) in [6, 6.07) is 11.2. The standard InChI is InChI=1S/C16H15ClN2O4/c1-2-23-15-8-7-11(9-14(15)19(21)22)16(20)18-10-12-5-3-4-6-13(12)17/h3-9H,2,10H2,1H3,(H,18,20). The largest absolute Gasteiger partial charge is 0.487 e. The Hall–Kier alpha value is -2.60. The summed E-state index contributed by atoms with van der Waals surface area (Å²) in [7, 11) is 0. The van der Waals surface area contributed by atoms with Crippen molar-refractivity contribution < 1.29 is 14.5 Å². The first-order chi connectivity index (χ1) is 11.0. The zero-order valence-electron chi connectivity index (χ0n) is 12.4. The van der Waals surface area contributed by atoms with Crippen molar-refractivity contribution in [1.82, 2.24) is 5.32 Å². The van der Waals surface area contributed by atoms with E-state index < -0.39 is 10.8 Å². The number of hydrogen-bond acceptors (Lipinski definition) is 4. The molecule has 0 saturated heterocycles. The first-order valence-corrected chi connectivity index (χ1v) is 7.33. The number of halogens is 1. The molecule has 23 heavy (non-hydrogen) atoms. The summed E-state index contributed by atoms with van der Waals surface area (Å²) in [6.07, 6.45) is 0. The minimum atomic E-state index is -0.574. The van der Waals surface area contributed by atoms with Gasteiger partial charge in [-0.2, -0.15) is 0 Å². The lowest BCUT2D eigenvalue weighted by Gasteiger charge is -2.08. The third kappa shape index (κ3) is 4.20. The summed E-state index contributed by atoms with van der Waals surface area (Å²) in [4.78, 5) is 22.7. The molecule has 2 aromatic rings. The second kappa shape index (κ2) is 7.60. The van der Waals surface area contributed by atoms with Crippen LogP contribution in [-0.2, 0) is 6.54 Å². The van der Waals surface area contributed by atoms with Crippen LogP contribution in [0, 0.1) is 10.1 Å². The number of nitrogens with zero attached hydrogens (tertiary/aromatic N) is 1. The van der Waals surface area contributed by atoms with Crippen molar-refractivity contribution in [3.05, 3.63) is 68.7 Å². The van der Waals surface area contributed by atoms with Gasteiger partial charge in [0.15, 0.2) is 5.75 Å². The van der Waals surface area contributed by atoms with Crippen LogP contribution in [0.4, 0.5) is 5.69 Å². The maximum Gasteiger partial charge on any atom is 0.311 e. The SMILES string of the molecule is CCOc1ccc(C(=O)NCc2ccccc2Cl)cc1[N+](=O)[O-]. The Balaban J connectivity index is 2.15. The summed E-state index contributed by atoms with van der Waals surface area (Å²) in [5.41, 5.74) is 0.715. The molecule has 0 aromatic heterocycles. The molecule has 0 aliphatic carbocycles. The molecule has 0 bridgehead atoms. The van der Waals surface area contributed by atoms with Gasteiger partial charge in [-0.3, -0.25) is 14.9 Å². The van der Waals surface area contributed by atoms with E-state index in [9.17, 15) is 14.9 Å². The molecule has 2 aromatic carbocycles. The number of carbonyl (C=O) groups is 1. The molecule has 0 fully saturated rings. The molecule has 2 rings (SSSR count). The third-order valence-electron chi connectivity index (χ3n) is 3.11. The van der Waals surface area contributed by atoms with Gasteiger partial charge in [0, 0.05) is 23.2 Å². The monoisotopic (exact) mass is 334 g/mol. The maximum absolute atomic E-state index is 12.2. The van der Waals surface area contributed by atoms with Gasteiger partial charge in [-0.1, -0.05) is 29.8 Å². The topological polar surface area (TPSA) is 81.5 Å². The highest BCUT2D eigenvalue weighted by atomic mass is 35.5. The molecule has 6 nitrogen and oxygen atoms in total. The van der Waals surface area contributed by atoms with Gasteiger partial charge < -0.3 is 10.1 Å². The van der Waals surface area contributed by atoms with E-state index in [4.69, 9.17) is 16.3 Å². The number of ether oxygens (including phenoxy) is 1. The number of nitrogens with one attached hydrogen (secondary N) is 1. The van der Waals surface area contributed by atoms with E-state index in [1.54, 1.807) is 25.1 Å². The smallest absolute Gasteiger partial charge is 0.311 e. The molecule has 1 amide bonds. The maximum atomic E-state index is 12.2. The van der Waals surface area contributed by atoms with Crippen LogP contribution in [0.3, 0.4) is 0 Å². The highest BCUT2D eigenvalue weighted by Gasteiger charge is 2.18. The van der Waals surface area contributed by atoms with Crippen molar-refractivity contribution >= 4 is 23.2 Å². The van der Waals surface area contributed by atoms with E-state index in [0.29, 0.717) is 11.6 Å². The molecule has 0 atom stereocenters. The number of benzene rings is 2. The number of nitro benzene ring substituents is 1. The van der Waals surface area contributed by atoms with E-state index in [0.717, 1.165) is 5.56 Å². The van der Waals surface area contributed by atoms with E-state index in [1.165, 1.54) is 18.2 Å². The Labute approximate surface area is 138 Å². The van der Waals surface area contributed by atoms with Crippen LogP contribution in [0.1, 0.15) is 22.8 Å². The molecule has 0 heterocycles. The lowest BCUT2D eigenvalue weighted by atomic mass is 10.1. The molecule has 0 aliphatic heterocycles. The average molecular weight is 335 g/mol. The van der Waals surface area contributed by atoms with Crippen molar-refractivity contribution in [2.24, 2.45) is 0 Å². The average Bonchev–Trinajstić information content (AvgIpc) is 2.54. The molecular weight excluding hydrogens is 320 g/mol. The van der Waals surface area contributed by atoms with E-state index in [1.807, 2.05) is 6.07 Å². The lowest BCUT2D eigenvalue weighted by Crippen LogP contribution is -2.23. The first kappa shape index (κ1) is 16.8. The molecule has 0 aliphatic rings. The molecule has 0 unspecified atom stereocenters. The predicted octanol–water partition coefficient (Wildman–Crippen LogP) is 3.58. The van der Waals surface area contributed by atoms with Gasteiger partial charge in [0.2, 0.25) is 0 Å². The number of nitro groups is 1. The van der Waals surface area contributed by atoms with Crippen molar-refractivity contribution in [3.63, 3.8) is 0 Å². The zero-order valence-corrected chi connectivity index (χ0v) is 13.2. The van der Waals surface area contributed by atoms with Crippen molar-refractivity contribution in [2.45, 2.75) is 13.5 Å². The van der Waals surface area contributed by atoms with E-state index in [-0.39, 0.29) is 23.5 Å². The number of hydrogen-bond donors (Lipinski definition) is 1. The van der Waals surface area contributed by atoms with Gasteiger partial charge in [0.05, 0.1) is 11.5 Å². The lowest BCUT2D eigenvalue weighted by molar-refractivity contribution is -0.385. The Morgan fingerprint density at radius 1 is 1.30 bits per heavy atom. The molecule has 120 valence electrons. The van der Waals surface area contributed by atoms with Gasteiger partial charge in [-0.25, -0.2) is 0 Å². The number of rotatable bonds is 6. The van der Waals surface area contributed by atoms with Crippen LogP contribution in [0.15, 0.2) is 42.5 Å². The van der Waals surface area contributed by atoms with Crippen LogP contribution in [0.25, 0.3) is 0 Å². The van der Waals surface area contributed by atoms with E-state index in [2.05, 4.69) is 5.32 Å². The summed E-state index contributed by atoms with van der Waals surface area (Å²) in [6.45, 7) is 2.27. The van der Waals surface area contributed by atoms with Gasteiger partial charge in [0.1, 0.15) is 0 Å². The van der Waals surface area contributed by atoms with Crippen molar-refractivity contribution in [1.29, 1.82) is 0 Å². The fourth-order valence-corrected chi connectivity index (χ4v) is 2.20. The highest BCUT2D eigenvalue weighted by molar-refractivity contribution is 6.31. The molecule has 0 radical (unpaired) electrons. The van der Waals surface area contributed by atoms with Crippen molar-refractivity contribution in [3.8, 4) is 5.75 Å². The second-order valence-electron chi connectivity index (χ2n) is 4.65. The van der Waals surface area contributed by atoms with Crippen LogP contribution in [0.5, 0.6) is 5.75 Å². The molecule has 0 saturated carbocycles. The van der Waals surface area contributed by atoms with Crippen molar-refractivity contribution in [2.75, 3.05) is 6.61 Å². The Kier molecular flexibility index (Phi) is 5.54. The molecule has 7 heteroatoms. The van der Waals surface area contributed by atoms with Crippen LogP contribution < -0.4 is 10.1 Å². The second-order valence-corrected chi connectivity index (χ2v) is 5.05. The minimum absolute atomic E-state index is 0.139. The van der Waals surface area contributed by atoms with Gasteiger partial charge in [-0.15, -0.1) is 0 Å². The summed E-state index contributed by atoms with van der Waals surface area (Å²) < 4.78 is 5.19.